The quantitative estimate of drug-likeness (QED) is 0.478. The molecule has 4 N–H and O–H groups in total. The standard InChI is InChI=1S/C5H10O2.C4H11N3/c1-5(2,3)4(6)7;5-7-3-1-6-2-4-7/h1-3H3,(H,6,7);6H,1-5H2. The van der Waals surface area contributed by atoms with Crippen LogP contribution in [0.4, 0.5) is 0 Å². The topological polar surface area (TPSA) is 78.6 Å². The SMILES string of the molecule is CC(C)(C)C(=O)O.NN1CCNCC1. The molecule has 0 amide bonds. The Morgan fingerprint density at radius 2 is 1.71 bits per heavy atom. The van der Waals surface area contributed by atoms with E-state index in [0.29, 0.717) is 0 Å². The molecule has 1 fully saturated rings. The number of piperazine rings is 1. The molecule has 5 nitrogen and oxygen atoms in total. The minimum Gasteiger partial charge on any atom is -0.481 e. The molecule has 0 radical (unpaired) electrons. The van der Waals surface area contributed by atoms with E-state index in [1.54, 1.807) is 20.8 Å². The lowest BCUT2D eigenvalue weighted by molar-refractivity contribution is -0.145. The Balaban J connectivity index is 0.000000241. The van der Waals surface area contributed by atoms with Crippen molar-refractivity contribution in [3.8, 4) is 0 Å². The summed E-state index contributed by atoms with van der Waals surface area (Å²) in [6, 6.07) is 0. The third kappa shape index (κ3) is 6.82. The fourth-order valence-corrected chi connectivity index (χ4v) is 0.682. The molecule has 0 spiro atoms. The van der Waals surface area contributed by atoms with Gasteiger partial charge >= 0.3 is 5.97 Å². The summed E-state index contributed by atoms with van der Waals surface area (Å²) in [5.41, 5.74) is -0.583. The number of nitrogens with one attached hydrogen (secondary N) is 1. The zero-order valence-electron chi connectivity index (χ0n) is 9.21. The summed E-state index contributed by atoms with van der Waals surface area (Å²) in [5.74, 6) is 4.67. The highest BCUT2D eigenvalue weighted by Crippen LogP contribution is 2.11. The Bertz CT molecular complexity index is 171. The maximum Gasteiger partial charge on any atom is 0.308 e. The molecule has 0 saturated carbocycles. The van der Waals surface area contributed by atoms with E-state index in [-0.39, 0.29) is 0 Å². The summed E-state index contributed by atoms with van der Waals surface area (Å²) < 4.78 is 0. The van der Waals surface area contributed by atoms with Crippen LogP contribution in [-0.2, 0) is 4.79 Å². The zero-order chi connectivity index (χ0) is 11.2. The summed E-state index contributed by atoms with van der Waals surface area (Å²) in [6.07, 6.45) is 0. The molecule has 0 bridgehead atoms. The highest BCUT2D eigenvalue weighted by Gasteiger charge is 2.18. The van der Waals surface area contributed by atoms with Crippen LogP contribution >= 0.6 is 0 Å². The largest absolute Gasteiger partial charge is 0.481 e. The summed E-state index contributed by atoms with van der Waals surface area (Å²) in [4.78, 5) is 10.0. The number of aliphatic carboxylic acids is 1. The van der Waals surface area contributed by atoms with Crippen LogP contribution < -0.4 is 11.2 Å². The van der Waals surface area contributed by atoms with Crippen molar-refractivity contribution >= 4 is 5.97 Å². The Labute approximate surface area is 85.2 Å². The van der Waals surface area contributed by atoms with E-state index in [1.807, 2.05) is 5.01 Å². The predicted molar refractivity (Wildman–Crippen MR) is 55.7 cm³/mol. The van der Waals surface area contributed by atoms with Crippen LogP contribution in [0.25, 0.3) is 0 Å². The third-order valence-corrected chi connectivity index (χ3v) is 1.79. The molecule has 0 atom stereocenters. The van der Waals surface area contributed by atoms with Gasteiger partial charge in [-0.25, -0.2) is 5.01 Å². The monoisotopic (exact) mass is 203 g/mol. The molecule has 1 rings (SSSR count). The first-order valence-electron chi connectivity index (χ1n) is 4.78. The van der Waals surface area contributed by atoms with Crippen LogP contribution in [-0.4, -0.2) is 42.3 Å². The van der Waals surface area contributed by atoms with Crippen molar-refractivity contribution in [2.75, 3.05) is 26.2 Å². The maximum absolute atomic E-state index is 10.0. The molecule has 0 aromatic carbocycles. The van der Waals surface area contributed by atoms with Gasteiger partial charge in [0.15, 0.2) is 0 Å². The van der Waals surface area contributed by atoms with E-state index in [0.717, 1.165) is 26.2 Å². The zero-order valence-corrected chi connectivity index (χ0v) is 9.21. The number of hydrogen-bond donors (Lipinski definition) is 3. The van der Waals surface area contributed by atoms with E-state index in [1.165, 1.54) is 0 Å². The molecule has 0 unspecified atom stereocenters. The lowest BCUT2D eigenvalue weighted by Gasteiger charge is -2.21. The molecule has 1 aliphatic heterocycles. The first-order chi connectivity index (χ1) is 6.34. The second-order valence-electron chi connectivity index (χ2n) is 4.34. The lowest BCUT2D eigenvalue weighted by Crippen LogP contribution is -2.47. The van der Waals surface area contributed by atoms with E-state index >= 15 is 0 Å². The fourth-order valence-electron chi connectivity index (χ4n) is 0.682. The van der Waals surface area contributed by atoms with Gasteiger partial charge in [0.2, 0.25) is 0 Å². The average Bonchev–Trinajstić information content (AvgIpc) is 2.04. The van der Waals surface area contributed by atoms with Gasteiger partial charge in [-0.2, -0.15) is 0 Å². The molecular weight excluding hydrogens is 182 g/mol. The highest BCUT2D eigenvalue weighted by molar-refractivity contribution is 5.72. The summed E-state index contributed by atoms with van der Waals surface area (Å²) >= 11 is 0. The molecule has 0 aromatic rings. The van der Waals surface area contributed by atoms with E-state index in [4.69, 9.17) is 10.9 Å². The van der Waals surface area contributed by atoms with Gasteiger partial charge in [-0.1, -0.05) is 0 Å². The first-order valence-corrected chi connectivity index (χ1v) is 4.78. The van der Waals surface area contributed by atoms with Gasteiger partial charge in [0.1, 0.15) is 0 Å². The first kappa shape index (κ1) is 13.4. The number of hydrogen-bond acceptors (Lipinski definition) is 4. The molecule has 0 aromatic heterocycles. The average molecular weight is 203 g/mol. The van der Waals surface area contributed by atoms with Crippen LogP contribution in [0.5, 0.6) is 0 Å². The van der Waals surface area contributed by atoms with Crippen LogP contribution in [0.15, 0.2) is 0 Å². The molecule has 0 aliphatic carbocycles. The van der Waals surface area contributed by atoms with Crippen molar-refractivity contribution in [2.24, 2.45) is 11.3 Å². The number of carboxylic acid groups (broad SMARTS) is 1. The molecule has 1 saturated heterocycles. The van der Waals surface area contributed by atoms with E-state index in [2.05, 4.69) is 5.32 Å². The minimum absolute atomic E-state index is 0.583. The van der Waals surface area contributed by atoms with Crippen molar-refractivity contribution in [3.63, 3.8) is 0 Å². The van der Waals surface area contributed by atoms with E-state index < -0.39 is 11.4 Å². The highest BCUT2D eigenvalue weighted by atomic mass is 16.4. The summed E-state index contributed by atoms with van der Waals surface area (Å²) in [6.45, 7) is 9.03. The molecule has 1 heterocycles. The summed E-state index contributed by atoms with van der Waals surface area (Å²) in [7, 11) is 0. The van der Waals surface area contributed by atoms with Crippen molar-refractivity contribution in [1.29, 1.82) is 0 Å². The summed E-state index contributed by atoms with van der Waals surface area (Å²) in [5, 5.41) is 13.3. The van der Waals surface area contributed by atoms with Crippen LogP contribution in [0.2, 0.25) is 0 Å². The van der Waals surface area contributed by atoms with Crippen molar-refractivity contribution < 1.29 is 9.90 Å². The second-order valence-corrected chi connectivity index (χ2v) is 4.34. The molecule has 14 heavy (non-hydrogen) atoms. The number of carboxylic acids is 1. The van der Waals surface area contributed by atoms with Crippen LogP contribution in [0, 0.1) is 5.41 Å². The van der Waals surface area contributed by atoms with Crippen molar-refractivity contribution in [3.05, 3.63) is 0 Å². The number of rotatable bonds is 0. The Hall–Kier alpha value is -0.650. The molecular formula is C9H21N3O2. The predicted octanol–water partition coefficient (Wildman–Crippen LogP) is -0.118. The van der Waals surface area contributed by atoms with Gasteiger partial charge in [-0.05, 0) is 20.8 Å². The van der Waals surface area contributed by atoms with Gasteiger partial charge in [0, 0.05) is 26.2 Å². The Morgan fingerprint density at radius 3 is 1.86 bits per heavy atom. The number of nitrogens with two attached hydrogens (primary N) is 1. The maximum atomic E-state index is 10.0. The van der Waals surface area contributed by atoms with Gasteiger partial charge < -0.3 is 10.4 Å². The van der Waals surface area contributed by atoms with Gasteiger partial charge in [0.25, 0.3) is 0 Å². The smallest absolute Gasteiger partial charge is 0.308 e. The van der Waals surface area contributed by atoms with Crippen molar-refractivity contribution in [1.82, 2.24) is 10.3 Å². The van der Waals surface area contributed by atoms with Crippen molar-refractivity contribution in [2.45, 2.75) is 20.8 Å². The van der Waals surface area contributed by atoms with E-state index in [9.17, 15) is 4.79 Å². The molecule has 1 aliphatic rings. The Morgan fingerprint density at radius 1 is 1.36 bits per heavy atom. The third-order valence-electron chi connectivity index (χ3n) is 1.79. The van der Waals surface area contributed by atoms with Crippen LogP contribution in [0.3, 0.4) is 0 Å². The minimum atomic E-state index is -0.757. The van der Waals surface area contributed by atoms with Gasteiger partial charge in [0.05, 0.1) is 5.41 Å². The number of nitrogens with zero attached hydrogens (tertiary/aromatic N) is 1. The normalized spacial score (nSPS) is 18.3. The number of carbonyl (C=O) groups is 1. The van der Waals surface area contributed by atoms with Gasteiger partial charge in [-0.15, -0.1) is 0 Å². The second kappa shape index (κ2) is 5.95. The molecule has 84 valence electrons. The fraction of sp³-hybridized carbons (Fsp3) is 0.889. The Kier molecular flexibility index (Phi) is 5.68. The molecule has 5 heteroatoms. The van der Waals surface area contributed by atoms with Gasteiger partial charge in [-0.3, -0.25) is 10.6 Å². The number of hydrazine groups is 1. The lowest BCUT2D eigenvalue weighted by atomic mass is 9.98. The van der Waals surface area contributed by atoms with Crippen LogP contribution in [0.1, 0.15) is 20.8 Å².